The summed E-state index contributed by atoms with van der Waals surface area (Å²) in [7, 11) is 0. The van der Waals surface area contributed by atoms with E-state index in [1.165, 1.54) is 5.57 Å². The minimum atomic E-state index is 0.350. The molecule has 57 heavy (non-hydrogen) atoms. The summed E-state index contributed by atoms with van der Waals surface area (Å²) in [4.78, 5) is 15.9. The zero-order valence-electron chi connectivity index (χ0n) is 31.4. The van der Waals surface area contributed by atoms with Gasteiger partial charge < -0.3 is 8.83 Å². The summed E-state index contributed by atoms with van der Waals surface area (Å²) in [6, 6.07) is 33.8. The lowest BCUT2D eigenvalue weighted by Gasteiger charge is -2.36. The predicted octanol–water partition coefficient (Wildman–Crippen LogP) is 13.1. The molecule has 5 aromatic carbocycles. The van der Waals surface area contributed by atoms with Crippen LogP contribution >= 0.6 is 0 Å². The van der Waals surface area contributed by atoms with E-state index >= 15 is 0 Å². The molecule has 5 nitrogen and oxygen atoms in total. The van der Waals surface area contributed by atoms with Crippen molar-refractivity contribution in [2.75, 3.05) is 0 Å². The van der Waals surface area contributed by atoms with Gasteiger partial charge in [0.2, 0.25) is 0 Å². The standard InChI is InChI=1S/C52H37N3O2/c1-30-19-24-40-45(25-30)57-49-38-16-8-6-14-34(38)26-42(48(40)49)36-28-43(47-39-17-9-10-18-44(39)56-46(47)29-36)52-54-50(33-12-3-2-4-13-33)53-51(55-52)35-23-22-32-21-20-31-11-5-7-15-37(31)41(32)27-35/h2-24,26,28-31,37,41H,25,27H2,1H3. The van der Waals surface area contributed by atoms with E-state index in [1.807, 2.05) is 30.3 Å². The third-order valence-corrected chi connectivity index (χ3v) is 12.4. The predicted molar refractivity (Wildman–Crippen MR) is 231 cm³/mol. The number of hydrogen-bond donors (Lipinski definition) is 0. The molecule has 0 aliphatic heterocycles. The van der Waals surface area contributed by atoms with Gasteiger partial charge in [0.25, 0.3) is 0 Å². The first kappa shape index (κ1) is 32.4. The van der Waals surface area contributed by atoms with Crippen LogP contribution in [-0.4, -0.2) is 15.0 Å². The van der Waals surface area contributed by atoms with Crippen LogP contribution < -0.4 is 0 Å². The Balaban J connectivity index is 1.11. The summed E-state index contributed by atoms with van der Waals surface area (Å²) in [5, 5.41) is 5.38. The molecule has 0 saturated carbocycles. The van der Waals surface area contributed by atoms with E-state index in [2.05, 4.69) is 134 Å². The fourth-order valence-electron chi connectivity index (χ4n) is 9.63. The Morgan fingerprint density at radius 3 is 2.33 bits per heavy atom. The van der Waals surface area contributed by atoms with Gasteiger partial charge in [-0.1, -0.05) is 140 Å². The molecule has 12 rings (SSSR count). The van der Waals surface area contributed by atoms with Crippen molar-refractivity contribution in [2.24, 2.45) is 23.7 Å². The van der Waals surface area contributed by atoms with Crippen LogP contribution in [0.2, 0.25) is 0 Å². The van der Waals surface area contributed by atoms with Crippen molar-refractivity contribution in [1.29, 1.82) is 0 Å². The first-order chi connectivity index (χ1) is 28.1. The molecule has 0 spiro atoms. The van der Waals surface area contributed by atoms with Crippen molar-refractivity contribution in [3.05, 3.63) is 174 Å². The van der Waals surface area contributed by atoms with Crippen molar-refractivity contribution in [3.8, 4) is 33.9 Å². The maximum absolute atomic E-state index is 6.77. The van der Waals surface area contributed by atoms with Gasteiger partial charge >= 0.3 is 0 Å². The average molecular weight is 736 g/mol. The molecular formula is C52H37N3O2. The zero-order valence-corrected chi connectivity index (χ0v) is 31.4. The lowest BCUT2D eigenvalue weighted by molar-refractivity contribution is 0.394. The minimum absolute atomic E-state index is 0.350. The highest BCUT2D eigenvalue weighted by Crippen LogP contribution is 2.47. The molecule has 4 atom stereocenters. The molecule has 0 radical (unpaired) electrons. The first-order valence-electron chi connectivity index (χ1n) is 20.0. The Morgan fingerprint density at radius 1 is 0.596 bits per heavy atom. The van der Waals surface area contributed by atoms with Gasteiger partial charge in [0.15, 0.2) is 17.5 Å². The molecule has 0 fully saturated rings. The highest BCUT2D eigenvalue weighted by atomic mass is 16.3. The molecule has 272 valence electrons. The summed E-state index contributed by atoms with van der Waals surface area (Å²) in [6.45, 7) is 2.24. The molecule has 0 amide bonds. The maximum atomic E-state index is 6.77. The molecule has 8 aromatic rings. The number of aromatic nitrogens is 3. The fraction of sp³-hybridized carbons (Fsp3) is 0.135. The van der Waals surface area contributed by atoms with Gasteiger partial charge in [-0.3, -0.25) is 0 Å². The lowest BCUT2D eigenvalue weighted by Crippen LogP contribution is -2.27. The van der Waals surface area contributed by atoms with E-state index in [1.54, 1.807) is 0 Å². The number of rotatable bonds is 4. The second-order valence-electron chi connectivity index (χ2n) is 15.9. The van der Waals surface area contributed by atoms with Crippen LogP contribution in [0.4, 0.5) is 0 Å². The molecule has 4 unspecified atom stereocenters. The third kappa shape index (κ3) is 5.19. The van der Waals surface area contributed by atoms with Crippen molar-refractivity contribution >= 4 is 55.3 Å². The second-order valence-corrected chi connectivity index (χ2v) is 15.9. The molecule has 4 aliphatic carbocycles. The Hall–Kier alpha value is -6.85. The Morgan fingerprint density at radius 2 is 1.40 bits per heavy atom. The number of benzene rings is 5. The smallest absolute Gasteiger partial charge is 0.164 e. The summed E-state index contributed by atoms with van der Waals surface area (Å²) < 4.78 is 13.5. The van der Waals surface area contributed by atoms with Crippen LogP contribution in [-0.2, 0) is 6.42 Å². The topological polar surface area (TPSA) is 65.0 Å². The highest BCUT2D eigenvalue weighted by Gasteiger charge is 2.34. The first-order valence-corrected chi connectivity index (χ1v) is 20.0. The van der Waals surface area contributed by atoms with Gasteiger partial charge in [0.1, 0.15) is 22.5 Å². The Bertz CT molecular complexity index is 3170. The summed E-state index contributed by atoms with van der Waals surface area (Å²) in [5.74, 6) is 4.58. The highest BCUT2D eigenvalue weighted by molar-refractivity contribution is 6.17. The number of fused-ring (bicyclic) bond motifs is 11. The van der Waals surface area contributed by atoms with E-state index < -0.39 is 0 Å². The monoisotopic (exact) mass is 735 g/mol. The van der Waals surface area contributed by atoms with Gasteiger partial charge in [-0.2, -0.15) is 0 Å². The third-order valence-electron chi connectivity index (χ3n) is 12.4. The van der Waals surface area contributed by atoms with Gasteiger partial charge in [-0.25, -0.2) is 15.0 Å². The average Bonchev–Trinajstić information content (AvgIpc) is 3.84. The Kier molecular flexibility index (Phi) is 7.15. The number of nitrogens with zero attached hydrogens (tertiary/aromatic N) is 3. The molecule has 3 aromatic heterocycles. The van der Waals surface area contributed by atoms with Crippen LogP contribution in [0, 0.1) is 23.7 Å². The Labute approximate surface area is 329 Å². The van der Waals surface area contributed by atoms with E-state index in [4.69, 9.17) is 23.8 Å². The van der Waals surface area contributed by atoms with Crippen molar-refractivity contribution in [1.82, 2.24) is 15.0 Å². The van der Waals surface area contributed by atoms with E-state index in [9.17, 15) is 0 Å². The SMILES string of the molecule is CC1C=Cc2c(oc3c2c(-c2cc(-c4nc(C5=CC=C6C=CC7C=CC=CC7C6C5)nc(-c5ccccc5)n4)c4c(c2)oc2ccccc24)cc2ccccc23)C1. The molecule has 0 N–H and O–H groups in total. The number of furan rings is 2. The van der Waals surface area contributed by atoms with Crippen molar-refractivity contribution in [3.63, 3.8) is 0 Å². The van der Waals surface area contributed by atoms with E-state index in [-0.39, 0.29) is 0 Å². The molecule has 0 saturated heterocycles. The molecule has 3 heterocycles. The molecule has 5 heteroatoms. The summed E-state index contributed by atoms with van der Waals surface area (Å²) in [5.41, 5.74) is 10.1. The zero-order chi connectivity index (χ0) is 37.6. The van der Waals surface area contributed by atoms with E-state index in [0.29, 0.717) is 41.1 Å². The van der Waals surface area contributed by atoms with Crippen molar-refractivity contribution in [2.45, 2.75) is 19.8 Å². The van der Waals surface area contributed by atoms with Crippen molar-refractivity contribution < 1.29 is 8.83 Å². The van der Waals surface area contributed by atoms with Gasteiger partial charge in [-0.05, 0) is 76.1 Å². The van der Waals surface area contributed by atoms with Gasteiger partial charge in [0.05, 0.1) is 0 Å². The van der Waals surface area contributed by atoms with Crippen LogP contribution in [0.3, 0.4) is 0 Å². The molecule has 0 bridgehead atoms. The normalized spacial score (nSPS) is 20.9. The molecule has 4 aliphatic rings. The fourth-order valence-corrected chi connectivity index (χ4v) is 9.63. The lowest BCUT2D eigenvalue weighted by atomic mass is 9.68. The van der Waals surface area contributed by atoms with Crippen LogP contribution in [0.5, 0.6) is 0 Å². The molecular weight excluding hydrogens is 699 g/mol. The van der Waals surface area contributed by atoms with Crippen LogP contribution in [0.25, 0.3) is 89.2 Å². The van der Waals surface area contributed by atoms with Gasteiger partial charge in [0, 0.05) is 50.6 Å². The quantitative estimate of drug-likeness (QED) is 0.180. The number of para-hydroxylation sites is 1. The van der Waals surface area contributed by atoms with Crippen LogP contribution in [0.15, 0.2) is 166 Å². The van der Waals surface area contributed by atoms with Gasteiger partial charge in [-0.15, -0.1) is 0 Å². The number of allylic oxidation sites excluding steroid dienone is 11. The summed E-state index contributed by atoms with van der Waals surface area (Å²) in [6.07, 6.45) is 24.4. The number of hydrogen-bond acceptors (Lipinski definition) is 5. The van der Waals surface area contributed by atoms with Crippen LogP contribution in [0.1, 0.15) is 30.5 Å². The van der Waals surface area contributed by atoms with E-state index in [0.717, 1.165) is 95.7 Å². The largest absolute Gasteiger partial charge is 0.460 e. The second kappa shape index (κ2) is 12.6. The maximum Gasteiger partial charge on any atom is 0.164 e. The summed E-state index contributed by atoms with van der Waals surface area (Å²) >= 11 is 0. The minimum Gasteiger partial charge on any atom is -0.460 e.